The molecule has 0 atom stereocenters. The first-order valence-electron chi connectivity index (χ1n) is 9.18. The molecule has 7 heteroatoms. The Morgan fingerprint density at radius 2 is 2.11 bits per heavy atom. The third-order valence-electron chi connectivity index (χ3n) is 4.52. The number of hydrogen-bond donors (Lipinski definition) is 2. The summed E-state index contributed by atoms with van der Waals surface area (Å²) < 4.78 is 5.45. The molecular weight excluding hydrogens is 354 g/mol. The summed E-state index contributed by atoms with van der Waals surface area (Å²) in [5.41, 5.74) is 8.46. The van der Waals surface area contributed by atoms with Crippen LogP contribution in [0.5, 0.6) is 0 Å². The van der Waals surface area contributed by atoms with Crippen LogP contribution >= 0.6 is 0 Å². The minimum Gasteiger partial charge on any atom is -0.444 e. The molecule has 0 saturated carbocycles. The number of hydrogen-bond acceptors (Lipinski definition) is 6. The first-order chi connectivity index (χ1) is 13.3. The van der Waals surface area contributed by atoms with Gasteiger partial charge in [-0.15, -0.1) is 0 Å². The summed E-state index contributed by atoms with van der Waals surface area (Å²) in [6, 6.07) is 5.82. The Labute approximate surface area is 164 Å². The highest BCUT2D eigenvalue weighted by molar-refractivity contribution is 6.14. The fraction of sp³-hybridized carbons (Fsp3) is 0.333. The number of allylic oxidation sites excluding steroid dienone is 1. The molecule has 1 aliphatic heterocycles. The van der Waals surface area contributed by atoms with Crippen LogP contribution in [-0.2, 0) is 4.74 Å². The minimum atomic E-state index is -0.512. The van der Waals surface area contributed by atoms with E-state index in [-0.39, 0.29) is 6.09 Å². The Morgan fingerprint density at radius 3 is 2.71 bits per heavy atom. The van der Waals surface area contributed by atoms with Crippen LogP contribution in [-0.4, -0.2) is 46.1 Å². The molecule has 0 unspecified atom stereocenters. The van der Waals surface area contributed by atoms with E-state index in [9.17, 15) is 4.79 Å². The van der Waals surface area contributed by atoms with E-state index in [4.69, 9.17) is 15.9 Å². The number of nitrogens with two attached hydrogens (primary N) is 1. The number of ether oxygens (including phenoxy) is 1. The van der Waals surface area contributed by atoms with Gasteiger partial charge in [0.2, 0.25) is 0 Å². The topological polar surface area (TPSA) is 105 Å². The van der Waals surface area contributed by atoms with Crippen LogP contribution < -0.4 is 5.73 Å². The lowest BCUT2D eigenvalue weighted by Crippen LogP contribution is -2.39. The van der Waals surface area contributed by atoms with Gasteiger partial charge in [-0.3, -0.25) is 0 Å². The first-order valence-corrected chi connectivity index (χ1v) is 9.18. The molecule has 2 heterocycles. The molecule has 1 aromatic heterocycles. The molecule has 0 fully saturated rings. The summed E-state index contributed by atoms with van der Waals surface area (Å²) in [7, 11) is 0. The van der Waals surface area contributed by atoms with E-state index in [2.05, 4.69) is 10.2 Å². The van der Waals surface area contributed by atoms with Crippen molar-refractivity contribution in [2.24, 2.45) is 5.73 Å². The van der Waals surface area contributed by atoms with Crippen molar-refractivity contribution in [3.63, 3.8) is 0 Å². The second-order valence-electron chi connectivity index (χ2n) is 7.63. The van der Waals surface area contributed by atoms with Crippen molar-refractivity contribution < 1.29 is 9.53 Å². The SMILES string of the molecule is CC(C)(C)OC(=O)N1CC=C(c2nncc3c(/C(C=N)=C/N)cccc23)CC1. The Morgan fingerprint density at radius 1 is 1.32 bits per heavy atom. The molecule has 2 aromatic rings. The smallest absolute Gasteiger partial charge is 0.410 e. The van der Waals surface area contributed by atoms with E-state index < -0.39 is 5.60 Å². The summed E-state index contributed by atoms with van der Waals surface area (Å²) in [6.07, 6.45) is 6.70. The highest BCUT2D eigenvalue weighted by atomic mass is 16.6. The van der Waals surface area contributed by atoms with Crippen molar-refractivity contribution >= 4 is 34.2 Å². The summed E-state index contributed by atoms with van der Waals surface area (Å²) >= 11 is 0. The minimum absolute atomic E-state index is 0.308. The molecule has 0 aliphatic carbocycles. The molecule has 3 rings (SSSR count). The van der Waals surface area contributed by atoms with Gasteiger partial charge in [0.1, 0.15) is 5.60 Å². The maximum atomic E-state index is 12.3. The number of rotatable bonds is 3. The van der Waals surface area contributed by atoms with Crippen molar-refractivity contribution in [3.8, 4) is 0 Å². The van der Waals surface area contributed by atoms with Gasteiger partial charge in [0.15, 0.2) is 0 Å². The van der Waals surface area contributed by atoms with Crippen molar-refractivity contribution in [2.75, 3.05) is 13.1 Å². The van der Waals surface area contributed by atoms with Crippen LogP contribution in [0, 0.1) is 5.41 Å². The van der Waals surface area contributed by atoms with E-state index in [1.165, 1.54) is 12.4 Å². The molecule has 0 bridgehead atoms. The van der Waals surface area contributed by atoms with E-state index in [1.807, 2.05) is 45.0 Å². The van der Waals surface area contributed by atoms with Gasteiger partial charge in [-0.05, 0) is 38.3 Å². The predicted octanol–water partition coefficient (Wildman–Crippen LogP) is 3.60. The van der Waals surface area contributed by atoms with Crippen molar-refractivity contribution in [1.82, 2.24) is 15.1 Å². The molecule has 146 valence electrons. The molecule has 0 radical (unpaired) electrons. The number of aromatic nitrogens is 2. The fourth-order valence-electron chi connectivity index (χ4n) is 3.19. The average Bonchev–Trinajstić information content (AvgIpc) is 2.67. The second kappa shape index (κ2) is 7.80. The largest absolute Gasteiger partial charge is 0.444 e. The van der Waals surface area contributed by atoms with Crippen LogP contribution in [0.25, 0.3) is 21.9 Å². The maximum absolute atomic E-state index is 12.3. The monoisotopic (exact) mass is 379 g/mol. The highest BCUT2D eigenvalue weighted by Crippen LogP contribution is 2.30. The van der Waals surface area contributed by atoms with Crippen LogP contribution in [0.2, 0.25) is 0 Å². The number of benzene rings is 1. The van der Waals surface area contributed by atoms with Crippen LogP contribution in [0.4, 0.5) is 4.79 Å². The Balaban J connectivity index is 1.92. The number of carbonyl (C=O) groups is 1. The number of carbonyl (C=O) groups excluding carboxylic acids is 1. The molecule has 1 aromatic carbocycles. The molecule has 28 heavy (non-hydrogen) atoms. The number of nitrogens with zero attached hydrogens (tertiary/aromatic N) is 3. The number of amides is 1. The first kappa shape index (κ1) is 19.5. The summed E-state index contributed by atoms with van der Waals surface area (Å²) in [5.74, 6) is 0. The van der Waals surface area contributed by atoms with E-state index >= 15 is 0 Å². The van der Waals surface area contributed by atoms with Crippen LogP contribution in [0.1, 0.15) is 38.4 Å². The normalized spacial score (nSPS) is 15.3. The quantitative estimate of drug-likeness (QED) is 0.793. The fourth-order valence-corrected chi connectivity index (χ4v) is 3.19. The van der Waals surface area contributed by atoms with Gasteiger partial charge in [0.25, 0.3) is 0 Å². The lowest BCUT2D eigenvalue weighted by Gasteiger charge is -2.29. The van der Waals surface area contributed by atoms with Crippen molar-refractivity contribution in [3.05, 3.63) is 47.9 Å². The predicted molar refractivity (Wildman–Crippen MR) is 111 cm³/mol. The lowest BCUT2D eigenvalue weighted by atomic mass is 9.96. The van der Waals surface area contributed by atoms with E-state index in [0.29, 0.717) is 25.1 Å². The average molecular weight is 379 g/mol. The van der Waals surface area contributed by atoms with Gasteiger partial charge in [-0.1, -0.05) is 24.3 Å². The standard InChI is InChI=1S/C21H25N5O2/c1-21(2,3)28-20(27)26-9-7-14(8-10-26)19-17-6-4-5-16(15(11-22)12-23)18(17)13-24-25-19/h4-7,11-13,22H,8-10,23H2,1-3H3/b15-12+,22-11?. The summed E-state index contributed by atoms with van der Waals surface area (Å²) in [4.78, 5) is 13.9. The molecule has 1 amide bonds. The maximum Gasteiger partial charge on any atom is 0.410 e. The van der Waals surface area contributed by atoms with Gasteiger partial charge in [0, 0.05) is 41.8 Å². The Hall–Kier alpha value is -3.22. The zero-order valence-corrected chi connectivity index (χ0v) is 16.4. The Kier molecular flexibility index (Phi) is 5.44. The Bertz CT molecular complexity index is 972. The number of nitrogens with one attached hydrogen (secondary N) is 1. The molecule has 7 nitrogen and oxygen atoms in total. The van der Waals surface area contributed by atoms with Gasteiger partial charge in [-0.25, -0.2) is 4.79 Å². The van der Waals surface area contributed by atoms with Crippen molar-refractivity contribution in [2.45, 2.75) is 32.8 Å². The molecule has 1 aliphatic rings. The molecule has 0 spiro atoms. The van der Waals surface area contributed by atoms with Crippen LogP contribution in [0.15, 0.2) is 36.7 Å². The van der Waals surface area contributed by atoms with Gasteiger partial charge >= 0.3 is 6.09 Å². The van der Waals surface area contributed by atoms with Gasteiger partial charge in [0.05, 0.1) is 11.9 Å². The zero-order chi connectivity index (χ0) is 20.3. The number of fused-ring (bicyclic) bond motifs is 1. The van der Waals surface area contributed by atoms with Gasteiger partial charge < -0.3 is 20.8 Å². The zero-order valence-electron chi connectivity index (χ0n) is 16.4. The molecule has 3 N–H and O–H groups in total. The van der Waals surface area contributed by atoms with Gasteiger partial charge in [-0.2, -0.15) is 10.2 Å². The third-order valence-corrected chi connectivity index (χ3v) is 4.52. The highest BCUT2D eigenvalue weighted by Gasteiger charge is 2.25. The second-order valence-corrected chi connectivity index (χ2v) is 7.63. The molecule has 0 saturated heterocycles. The van der Waals surface area contributed by atoms with E-state index in [0.717, 1.165) is 27.6 Å². The summed E-state index contributed by atoms with van der Waals surface area (Å²) in [6.45, 7) is 6.61. The lowest BCUT2D eigenvalue weighted by molar-refractivity contribution is 0.0270. The molecular formula is C21H25N5O2. The van der Waals surface area contributed by atoms with E-state index in [1.54, 1.807) is 11.1 Å². The van der Waals surface area contributed by atoms with Crippen molar-refractivity contribution in [1.29, 1.82) is 5.41 Å². The third kappa shape index (κ3) is 4.03. The van der Waals surface area contributed by atoms with Crippen LogP contribution in [0.3, 0.4) is 0 Å². The summed E-state index contributed by atoms with van der Waals surface area (Å²) in [5, 5.41) is 17.9.